The molecule has 4 aromatic rings. The molecule has 4 nitrogen and oxygen atoms in total. The van der Waals surface area contributed by atoms with E-state index in [0.717, 1.165) is 27.7 Å². The predicted molar refractivity (Wildman–Crippen MR) is 118 cm³/mol. The summed E-state index contributed by atoms with van der Waals surface area (Å²) >= 11 is 0. The number of hydrogen-bond acceptors (Lipinski definition) is 3. The topological polar surface area (TPSA) is 48.3 Å². The number of aryl methyl sites for hydroxylation is 1. The quantitative estimate of drug-likeness (QED) is 0.309. The average Bonchev–Trinajstić information content (AvgIpc) is 3.06. The van der Waals surface area contributed by atoms with Crippen LogP contribution in [0.25, 0.3) is 10.8 Å². The molecular formula is C26H22FNO3. The Morgan fingerprint density at radius 3 is 2.35 bits per heavy atom. The largest absolute Gasteiger partial charge is 0.454 e. The molecule has 0 N–H and O–H groups in total. The number of benzene rings is 3. The van der Waals surface area contributed by atoms with Gasteiger partial charge in [0, 0.05) is 23.5 Å². The van der Waals surface area contributed by atoms with Crippen LogP contribution in [0.15, 0.2) is 72.8 Å². The molecule has 0 aliphatic heterocycles. The molecule has 0 radical (unpaired) electrons. The summed E-state index contributed by atoms with van der Waals surface area (Å²) in [5.74, 6) is -1.07. The Morgan fingerprint density at radius 2 is 1.61 bits per heavy atom. The lowest BCUT2D eigenvalue weighted by atomic mass is 10.1. The Hall–Kier alpha value is -3.73. The van der Waals surface area contributed by atoms with Crippen molar-refractivity contribution >= 4 is 22.5 Å². The summed E-state index contributed by atoms with van der Waals surface area (Å²) in [4.78, 5) is 25.2. The van der Waals surface area contributed by atoms with Crippen LogP contribution in [-0.2, 0) is 11.3 Å². The maximum atomic E-state index is 13.2. The zero-order chi connectivity index (χ0) is 22.0. The Kier molecular flexibility index (Phi) is 5.67. The van der Waals surface area contributed by atoms with E-state index >= 15 is 0 Å². The Bertz CT molecular complexity index is 1270. The zero-order valence-electron chi connectivity index (χ0n) is 17.4. The van der Waals surface area contributed by atoms with Crippen LogP contribution in [0.3, 0.4) is 0 Å². The molecule has 31 heavy (non-hydrogen) atoms. The third-order valence-electron chi connectivity index (χ3n) is 5.45. The van der Waals surface area contributed by atoms with Crippen molar-refractivity contribution in [1.29, 1.82) is 0 Å². The van der Waals surface area contributed by atoms with Gasteiger partial charge in [0.15, 0.2) is 6.61 Å². The number of rotatable bonds is 6. The molecule has 0 saturated carbocycles. The molecule has 4 rings (SSSR count). The fourth-order valence-electron chi connectivity index (χ4n) is 3.71. The number of carbonyl (C=O) groups is 2. The SMILES string of the molecule is Cc1cc(C(=O)COC(=O)c2ccc3ccccc3c2)c(C)n1Cc1ccc(F)cc1. The predicted octanol–water partition coefficient (Wildman–Crippen LogP) is 5.49. The molecule has 0 atom stereocenters. The fourth-order valence-corrected chi connectivity index (χ4v) is 3.71. The number of hydrogen-bond donors (Lipinski definition) is 0. The highest BCUT2D eigenvalue weighted by atomic mass is 19.1. The number of halogens is 1. The van der Waals surface area contributed by atoms with Gasteiger partial charge in [0.05, 0.1) is 5.56 Å². The summed E-state index contributed by atoms with van der Waals surface area (Å²) in [6.07, 6.45) is 0. The van der Waals surface area contributed by atoms with E-state index < -0.39 is 5.97 Å². The van der Waals surface area contributed by atoms with Crippen LogP contribution in [0, 0.1) is 19.7 Å². The second-order valence-electron chi connectivity index (χ2n) is 7.56. The number of aromatic nitrogens is 1. The molecule has 3 aromatic carbocycles. The zero-order valence-corrected chi connectivity index (χ0v) is 17.4. The minimum atomic E-state index is -0.528. The Labute approximate surface area is 179 Å². The van der Waals surface area contributed by atoms with Crippen molar-refractivity contribution in [3.8, 4) is 0 Å². The van der Waals surface area contributed by atoms with Gasteiger partial charge in [-0.15, -0.1) is 0 Å². The number of fused-ring (bicyclic) bond motifs is 1. The van der Waals surface area contributed by atoms with Gasteiger partial charge >= 0.3 is 5.97 Å². The molecule has 1 heterocycles. The van der Waals surface area contributed by atoms with E-state index in [9.17, 15) is 14.0 Å². The van der Waals surface area contributed by atoms with Gasteiger partial charge in [0.25, 0.3) is 0 Å². The first-order valence-electron chi connectivity index (χ1n) is 10.0. The van der Waals surface area contributed by atoms with Crippen molar-refractivity contribution in [2.75, 3.05) is 6.61 Å². The normalized spacial score (nSPS) is 10.9. The lowest BCUT2D eigenvalue weighted by Crippen LogP contribution is -2.15. The summed E-state index contributed by atoms with van der Waals surface area (Å²) in [7, 11) is 0. The maximum Gasteiger partial charge on any atom is 0.338 e. The highest BCUT2D eigenvalue weighted by Gasteiger charge is 2.18. The van der Waals surface area contributed by atoms with Crippen LogP contribution in [0.4, 0.5) is 4.39 Å². The molecule has 0 unspecified atom stereocenters. The number of nitrogens with zero attached hydrogens (tertiary/aromatic N) is 1. The van der Waals surface area contributed by atoms with Gasteiger partial charge in [-0.25, -0.2) is 9.18 Å². The van der Waals surface area contributed by atoms with Gasteiger partial charge in [0.1, 0.15) is 5.82 Å². The fraction of sp³-hybridized carbons (Fsp3) is 0.154. The van der Waals surface area contributed by atoms with Gasteiger partial charge in [-0.2, -0.15) is 0 Å². The highest BCUT2D eigenvalue weighted by molar-refractivity contribution is 6.01. The summed E-state index contributed by atoms with van der Waals surface area (Å²) in [5.41, 5.74) is 3.56. The third-order valence-corrected chi connectivity index (χ3v) is 5.45. The van der Waals surface area contributed by atoms with Gasteiger partial charge in [-0.05, 0) is 60.5 Å². The summed E-state index contributed by atoms with van der Waals surface area (Å²) in [6.45, 7) is 3.97. The molecule has 0 aliphatic carbocycles. The molecule has 0 saturated heterocycles. The van der Waals surface area contributed by atoms with Crippen LogP contribution in [0.5, 0.6) is 0 Å². The van der Waals surface area contributed by atoms with E-state index in [0.29, 0.717) is 17.7 Å². The van der Waals surface area contributed by atoms with Crippen LogP contribution in [0.1, 0.15) is 37.7 Å². The van der Waals surface area contributed by atoms with E-state index in [4.69, 9.17) is 4.74 Å². The molecule has 156 valence electrons. The monoisotopic (exact) mass is 415 g/mol. The van der Waals surface area contributed by atoms with Crippen molar-refractivity contribution in [3.05, 3.63) is 107 Å². The van der Waals surface area contributed by atoms with Gasteiger partial charge in [-0.1, -0.05) is 42.5 Å². The average molecular weight is 415 g/mol. The van der Waals surface area contributed by atoms with Crippen LogP contribution < -0.4 is 0 Å². The number of ketones is 1. The van der Waals surface area contributed by atoms with Crippen molar-refractivity contribution < 1.29 is 18.7 Å². The molecular weight excluding hydrogens is 393 g/mol. The van der Waals surface area contributed by atoms with Gasteiger partial charge < -0.3 is 9.30 Å². The molecule has 0 amide bonds. The van der Waals surface area contributed by atoms with E-state index in [1.165, 1.54) is 12.1 Å². The lowest BCUT2D eigenvalue weighted by Gasteiger charge is -2.10. The summed E-state index contributed by atoms with van der Waals surface area (Å²) in [6, 6.07) is 21.1. The van der Waals surface area contributed by atoms with Crippen molar-refractivity contribution in [3.63, 3.8) is 0 Å². The standard InChI is InChI=1S/C26H22FNO3/c1-17-13-24(18(2)28(17)15-19-7-11-23(27)12-8-19)25(29)16-31-26(30)22-10-9-20-5-3-4-6-21(20)14-22/h3-14H,15-16H2,1-2H3. The number of Topliss-reactive ketones (excluding diaryl/α,β-unsaturated/α-hetero) is 1. The van der Waals surface area contributed by atoms with E-state index in [-0.39, 0.29) is 18.2 Å². The molecule has 0 bridgehead atoms. The minimum absolute atomic E-state index is 0.257. The van der Waals surface area contributed by atoms with Crippen LogP contribution in [0.2, 0.25) is 0 Å². The Balaban J connectivity index is 1.45. The van der Waals surface area contributed by atoms with Gasteiger partial charge in [-0.3, -0.25) is 4.79 Å². The highest BCUT2D eigenvalue weighted by Crippen LogP contribution is 2.19. The van der Waals surface area contributed by atoms with Crippen LogP contribution >= 0.6 is 0 Å². The van der Waals surface area contributed by atoms with Crippen molar-refractivity contribution in [2.45, 2.75) is 20.4 Å². The molecule has 0 spiro atoms. The summed E-state index contributed by atoms with van der Waals surface area (Å²) < 4.78 is 20.4. The van der Waals surface area contributed by atoms with Gasteiger partial charge in [0.2, 0.25) is 5.78 Å². The molecule has 5 heteroatoms. The third kappa shape index (κ3) is 4.40. The number of ether oxygens (including phenoxy) is 1. The van der Waals surface area contributed by atoms with E-state index in [2.05, 4.69) is 0 Å². The van der Waals surface area contributed by atoms with Crippen molar-refractivity contribution in [1.82, 2.24) is 4.57 Å². The first kappa shape index (κ1) is 20.5. The number of esters is 1. The van der Waals surface area contributed by atoms with Crippen LogP contribution in [-0.4, -0.2) is 22.9 Å². The Morgan fingerprint density at radius 1 is 0.903 bits per heavy atom. The lowest BCUT2D eigenvalue weighted by molar-refractivity contribution is 0.0474. The minimum Gasteiger partial charge on any atom is -0.454 e. The summed E-state index contributed by atoms with van der Waals surface area (Å²) in [5, 5.41) is 1.97. The smallest absolute Gasteiger partial charge is 0.338 e. The maximum absolute atomic E-state index is 13.2. The van der Waals surface area contributed by atoms with E-state index in [1.54, 1.807) is 30.3 Å². The first-order chi connectivity index (χ1) is 14.9. The molecule has 0 aliphatic rings. The second kappa shape index (κ2) is 8.56. The number of carbonyl (C=O) groups excluding carboxylic acids is 2. The van der Waals surface area contributed by atoms with E-state index in [1.807, 2.05) is 48.7 Å². The van der Waals surface area contributed by atoms with Crippen molar-refractivity contribution in [2.24, 2.45) is 0 Å². The molecule has 0 fully saturated rings. The molecule has 1 aromatic heterocycles. The first-order valence-corrected chi connectivity index (χ1v) is 10.0. The second-order valence-corrected chi connectivity index (χ2v) is 7.56.